The summed E-state index contributed by atoms with van der Waals surface area (Å²) in [5, 5.41) is 15.7. The number of aryl methyl sites for hydroxylation is 1. The lowest BCUT2D eigenvalue weighted by molar-refractivity contribution is 0.102. The van der Waals surface area contributed by atoms with E-state index in [9.17, 15) is 9.90 Å². The van der Waals surface area contributed by atoms with Crippen molar-refractivity contribution >= 4 is 39.2 Å². The summed E-state index contributed by atoms with van der Waals surface area (Å²) >= 11 is 3.18. The third-order valence-electron chi connectivity index (χ3n) is 5.50. The summed E-state index contributed by atoms with van der Waals surface area (Å²) in [7, 11) is 0. The van der Waals surface area contributed by atoms with E-state index >= 15 is 0 Å². The van der Waals surface area contributed by atoms with Crippen molar-refractivity contribution in [1.29, 1.82) is 0 Å². The number of carbonyl (C=O) groups excluding carboxylic acids is 1. The smallest absolute Gasteiger partial charge is 0.258 e. The van der Waals surface area contributed by atoms with E-state index in [1.807, 2.05) is 38.1 Å². The summed E-state index contributed by atoms with van der Waals surface area (Å²) in [6, 6.07) is 9.67. The first kappa shape index (κ1) is 24.1. The van der Waals surface area contributed by atoms with Crippen LogP contribution in [0.5, 0.6) is 0 Å². The van der Waals surface area contributed by atoms with Crippen molar-refractivity contribution in [3.8, 4) is 11.1 Å². The molecule has 0 saturated carbocycles. The molecule has 0 spiro atoms. The highest BCUT2D eigenvalue weighted by atomic mass is 79.9. The van der Waals surface area contributed by atoms with Crippen LogP contribution in [0.15, 0.2) is 47.5 Å². The topological polar surface area (TPSA) is 112 Å². The first-order valence-electron chi connectivity index (χ1n) is 11.0. The highest BCUT2D eigenvalue weighted by Gasteiger charge is 2.17. The second-order valence-corrected chi connectivity index (χ2v) is 8.86. The number of ether oxygens (including phenoxy) is 1. The number of anilines is 3. The molecule has 3 N–H and O–H groups in total. The molecule has 1 aromatic carbocycles. The first-order chi connectivity index (χ1) is 16.4. The van der Waals surface area contributed by atoms with Gasteiger partial charge in [0.25, 0.3) is 5.91 Å². The number of hydrogen-bond acceptors (Lipinski definition) is 8. The molecule has 1 atom stereocenters. The maximum atomic E-state index is 12.7. The molecule has 1 aliphatic rings. The summed E-state index contributed by atoms with van der Waals surface area (Å²) in [5.74, 6) is 1.24. The number of aliphatic hydroxyl groups is 1. The van der Waals surface area contributed by atoms with Gasteiger partial charge in [-0.15, -0.1) is 0 Å². The number of amides is 1. The largest absolute Gasteiger partial charge is 0.394 e. The summed E-state index contributed by atoms with van der Waals surface area (Å²) in [6.45, 7) is 6.76. The van der Waals surface area contributed by atoms with Crippen molar-refractivity contribution in [3.05, 3.63) is 58.6 Å². The molecule has 1 saturated heterocycles. The van der Waals surface area contributed by atoms with E-state index in [1.54, 1.807) is 0 Å². The fourth-order valence-electron chi connectivity index (χ4n) is 3.64. The predicted octanol–water partition coefficient (Wildman–Crippen LogP) is 3.49. The Hall–Kier alpha value is -3.08. The zero-order chi connectivity index (χ0) is 24.1. The van der Waals surface area contributed by atoms with Gasteiger partial charge >= 0.3 is 0 Å². The van der Waals surface area contributed by atoms with Gasteiger partial charge in [0, 0.05) is 37.2 Å². The lowest BCUT2D eigenvalue weighted by Gasteiger charge is -2.29. The number of carbonyl (C=O) groups is 1. The van der Waals surface area contributed by atoms with E-state index in [0.717, 1.165) is 35.6 Å². The molecule has 0 bridgehead atoms. The van der Waals surface area contributed by atoms with Gasteiger partial charge < -0.3 is 25.4 Å². The van der Waals surface area contributed by atoms with Crippen molar-refractivity contribution in [3.63, 3.8) is 0 Å². The van der Waals surface area contributed by atoms with Crippen LogP contribution in [0.1, 0.15) is 22.8 Å². The van der Waals surface area contributed by atoms with E-state index in [2.05, 4.69) is 47.5 Å². The van der Waals surface area contributed by atoms with Crippen molar-refractivity contribution in [2.75, 3.05) is 48.4 Å². The Balaban J connectivity index is 1.67. The Labute approximate surface area is 206 Å². The molecule has 2 aromatic heterocycles. The van der Waals surface area contributed by atoms with Crippen molar-refractivity contribution < 1.29 is 14.6 Å². The summed E-state index contributed by atoms with van der Waals surface area (Å²) in [6.07, 6.45) is 2.94. The monoisotopic (exact) mass is 526 g/mol. The van der Waals surface area contributed by atoms with Gasteiger partial charge in [0.05, 0.1) is 25.4 Å². The van der Waals surface area contributed by atoms with Crippen LogP contribution in [-0.2, 0) is 4.74 Å². The molecular weight excluding hydrogens is 500 g/mol. The number of aliphatic hydroxyl groups excluding tert-OH is 1. The van der Waals surface area contributed by atoms with Crippen molar-refractivity contribution in [2.45, 2.75) is 19.9 Å². The molecule has 0 radical (unpaired) electrons. The van der Waals surface area contributed by atoms with E-state index < -0.39 is 0 Å². The highest BCUT2D eigenvalue weighted by Crippen LogP contribution is 2.31. The summed E-state index contributed by atoms with van der Waals surface area (Å²) in [4.78, 5) is 27.7. The molecule has 3 aromatic rings. The van der Waals surface area contributed by atoms with Crippen LogP contribution in [0, 0.1) is 6.92 Å². The van der Waals surface area contributed by atoms with Crippen LogP contribution < -0.4 is 15.5 Å². The number of pyridine rings is 1. The number of aromatic nitrogens is 3. The lowest BCUT2D eigenvalue weighted by atomic mass is 10.00. The van der Waals surface area contributed by atoms with Gasteiger partial charge in [-0.1, -0.05) is 6.07 Å². The number of morpholine rings is 1. The van der Waals surface area contributed by atoms with Gasteiger partial charge in [0.1, 0.15) is 11.6 Å². The third-order valence-corrected chi connectivity index (χ3v) is 5.91. The minimum atomic E-state index is -0.287. The Bertz CT molecular complexity index is 1150. The molecule has 4 rings (SSSR count). The third kappa shape index (κ3) is 5.88. The quantitative estimate of drug-likeness (QED) is 0.401. The molecule has 3 heterocycles. The fourth-order valence-corrected chi connectivity index (χ4v) is 3.85. The van der Waals surface area contributed by atoms with Crippen LogP contribution in [0.25, 0.3) is 11.1 Å². The maximum Gasteiger partial charge on any atom is 0.258 e. The zero-order valence-electron chi connectivity index (χ0n) is 19.1. The Morgan fingerprint density at radius 3 is 2.65 bits per heavy atom. The standard InChI is InChI=1S/C24H27BrN6O3/c1-15-3-4-19(29-23(33)18-12-26-24(25)27-13-18)11-20(15)17-9-21(28-16(2)14-32)30-22(10-17)31-5-7-34-8-6-31/h3-4,9-13,16,32H,5-8,14H2,1-2H3,(H,28,30)(H,29,33)/t16-/m1/s1. The molecule has 1 fully saturated rings. The molecule has 34 heavy (non-hydrogen) atoms. The predicted molar refractivity (Wildman–Crippen MR) is 135 cm³/mol. The van der Waals surface area contributed by atoms with Gasteiger partial charge in [-0.3, -0.25) is 4.79 Å². The molecule has 178 valence electrons. The molecule has 1 aliphatic heterocycles. The van der Waals surface area contributed by atoms with Crippen LogP contribution >= 0.6 is 15.9 Å². The molecule has 0 unspecified atom stereocenters. The average Bonchev–Trinajstić information content (AvgIpc) is 2.85. The number of rotatable bonds is 7. The molecule has 10 heteroatoms. The lowest BCUT2D eigenvalue weighted by Crippen LogP contribution is -2.37. The van der Waals surface area contributed by atoms with E-state index in [-0.39, 0.29) is 18.6 Å². The van der Waals surface area contributed by atoms with Crippen LogP contribution in [0.2, 0.25) is 0 Å². The van der Waals surface area contributed by atoms with E-state index in [0.29, 0.717) is 35.0 Å². The number of hydrogen-bond donors (Lipinski definition) is 3. The van der Waals surface area contributed by atoms with Crippen LogP contribution in [0.4, 0.5) is 17.3 Å². The van der Waals surface area contributed by atoms with Gasteiger partial charge in [-0.05, 0) is 70.7 Å². The van der Waals surface area contributed by atoms with Crippen molar-refractivity contribution in [1.82, 2.24) is 15.0 Å². The van der Waals surface area contributed by atoms with Gasteiger partial charge in [0.15, 0.2) is 4.73 Å². The molecule has 1 amide bonds. The fraction of sp³-hybridized carbons (Fsp3) is 0.333. The van der Waals surface area contributed by atoms with Gasteiger partial charge in [-0.25, -0.2) is 15.0 Å². The minimum Gasteiger partial charge on any atom is -0.394 e. The van der Waals surface area contributed by atoms with Crippen molar-refractivity contribution in [2.24, 2.45) is 0 Å². The molecule has 9 nitrogen and oxygen atoms in total. The summed E-state index contributed by atoms with van der Waals surface area (Å²) in [5.41, 5.74) is 4.03. The highest BCUT2D eigenvalue weighted by molar-refractivity contribution is 9.10. The number of benzene rings is 1. The van der Waals surface area contributed by atoms with E-state index in [1.165, 1.54) is 12.4 Å². The zero-order valence-corrected chi connectivity index (χ0v) is 20.7. The number of nitrogens with one attached hydrogen (secondary N) is 2. The average molecular weight is 527 g/mol. The molecule has 0 aliphatic carbocycles. The van der Waals surface area contributed by atoms with Gasteiger partial charge in [0.2, 0.25) is 0 Å². The number of nitrogens with zero attached hydrogens (tertiary/aromatic N) is 4. The van der Waals surface area contributed by atoms with E-state index in [4.69, 9.17) is 9.72 Å². The Morgan fingerprint density at radius 1 is 1.21 bits per heavy atom. The van der Waals surface area contributed by atoms with Crippen LogP contribution in [-0.4, -0.2) is 64.9 Å². The SMILES string of the molecule is Cc1ccc(NC(=O)c2cnc(Br)nc2)cc1-c1cc(N[C@H](C)CO)nc(N2CCOCC2)c1. The Morgan fingerprint density at radius 2 is 1.94 bits per heavy atom. The first-order valence-corrected chi connectivity index (χ1v) is 11.8. The summed E-state index contributed by atoms with van der Waals surface area (Å²) < 4.78 is 5.92. The second kappa shape index (κ2) is 10.9. The molecular formula is C24H27BrN6O3. The Kier molecular flexibility index (Phi) is 7.71. The normalized spacial score (nSPS) is 14.5. The maximum absolute atomic E-state index is 12.7. The minimum absolute atomic E-state index is 0.000882. The van der Waals surface area contributed by atoms with Gasteiger partial charge in [-0.2, -0.15) is 0 Å². The van der Waals surface area contributed by atoms with Crippen LogP contribution in [0.3, 0.4) is 0 Å². The second-order valence-electron chi connectivity index (χ2n) is 8.15. The number of halogens is 1.